The average Bonchev–Trinajstić information content (AvgIpc) is 2.12. The average molecular weight is 111 g/mol. The van der Waals surface area contributed by atoms with Gasteiger partial charge in [-0.3, -0.25) is 0 Å². The van der Waals surface area contributed by atoms with Gasteiger partial charge in [-0.25, -0.2) is 4.98 Å². The monoisotopic (exact) mass is 111 g/mol. The van der Waals surface area contributed by atoms with Gasteiger partial charge in [-0.1, -0.05) is 0 Å². The lowest BCUT2D eigenvalue weighted by Gasteiger charge is -1.95. The first kappa shape index (κ1) is 5.31. The zero-order chi connectivity index (χ0) is 5.98. The van der Waals surface area contributed by atoms with E-state index >= 15 is 0 Å². The first-order valence-corrected chi connectivity index (χ1v) is 2.55. The molecule has 8 heavy (non-hydrogen) atoms. The van der Waals surface area contributed by atoms with E-state index in [0.717, 1.165) is 5.82 Å². The number of rotatable bonds is 1. The largest absolute Gasteiger partial charge is 0.347 e. The van der Waals surface area contributed by atoms with Crippen LogP contribution in [0.25, 0.3) is 0 Å². The second-order valence-electron chi connectivity index (χ2n) is 1.76. The molecular weight excluding hydrogens is 102 g/mol. The van der Waals surface area contributed by atoms with Gasteiger partial charge in [-0.05, 0) is 6.92 Å². The Morgan fingerprint density at radius 1 is 1.88 bits per heavy atom. The van der Waals surface area contributed by atoms with Crippen molar-refractivity contribution >= 4 is 0 Å². The molecule has 44 valence electrons. The second-order valence-corrected chi connectivity index (χ2v) is 1.76. The molecule has 0 saturated carbocycles. The third-order valence-electron chi connectivity index (χ3n) is 0.951. The molecule has 0 aliphatic rings. The zero-order valence-corrected chi connectivity index (χ0v) is 4.76. The molecule has 0 aromatic carbocycles. The fourth-order valence-electron chi connectivity index (χ4n) is 0.526. The van der Waals surface area contributed by atoms with E-state index in [1.54, 1.807) is 12.4 Å². The van der Waals surface area contributed by atoms with Crippen molar-refractivity contribution in [2.45, 2.75) is 13.0 Å². The molecule has 1 heterocycles. The highest BCUT2D eigenvalue weighted by molar-refractivity contribution is 4.91. The van der Waals surface area contributed by atoms with Crippen molar-refractivity contribution in [3.05, 3.63) is 18.2 Å². The first-order chi connectivity index (χ1) is 3.80. The van der Waals surface area contributed by atoms with Gasteiger partial charge in [0.2, 0.25) is 0 Å². The van der Waals surface area contributed by atoms with Crippen LogP contribution in [0.3, 0.4) is 0 Å². The molecule has 0 radical (unpaired) electrons. The quantitative estimate of drug-likeness (QED) is 0.552. The van der Waals surface area contributed by atoms with Crippen LogP contribution < -0.4 is 5.73 Å². The minimum absolute atomic E-state index is 0.0185. The van der Waals surface area contributed by atoms with E-state index in [4.69, 9.17) is 5.73 Å². The summed E-state index contributed by atoms with van der Waals surface area (Å²) < 4.78 is 0. The van der Waals surface area contributed by atoms with Crippen molar-refractivity contribution in [3.63, 3.8) is 0 Å². The molecule has 0 saturated heterocycles. The lowest BCUT2D eigenvalue weighted by molar-refractivity contribution is 0.756. The fraction of sp³-hybridized carbons (Fsp3) is 0.400. The van der Waals surface area contributed by atoms with Crippen molar-refractivity contribution in [2.24, 2.45) is 5.73 Å². The summed E-state index contributed by atoms with van der Waals surface area (Å²) in [5.74, 6) is 0.838. The molecule has 1 aromatic heterocycles. The summed E-state index contributed by atoms with van der Waals surface area (Å²) in [6.07, 6.45) is 3.46. The number of aromatic amines is 1. The van der Waals surface area contributed by atoms with E-state index in [0.29, 0.717) is 0 Å². The van der Waals surface area contributed by atoms with Gasteiger partial charge in [-0.2, -0.15) is 0 Å². The Balaban J connectivity index is 2.77. The molecule has 0 spiro atoms. The number of imidazole rings is 1. The lowest BCUT2D eigenvalue weighted by atomic mass is 10.3. The van der Waals surface area contributed by atoms with Gasteiger partial charge >= 0.3 is 0 Å². The van der Waals surface area contributed by atoms with Crippen molar-refractivity contribution in [1.82, 2.24) is 9.97 Å². The van der Waals surface area contributed by atoms with E-state index in [2.05, 4.69) is 9.97 Å². The van der Waals surface area contributed by atoms with E-state index < -0.39 is 0 Å². The van der Waals surface area contributed by atoms with Crippen LogP contribution in [0.15, 0.2) is 12.4 Å². The van der Waals surface area contributed by atoms with Crippen molar-refractivity contribution in [1.29, 1.82) is 0 Å². The Kier molecular flexibility index (Phi) is 1.30. The van der Waals surface area contributed by atoms with E-state index in [1.807, 2.05) is 6.92 Å². The molecule has 3 heteroatoms. The van der Waals surface area contributed by atoms with Crippen LogP contribution in [0.5, 0.6) is 0 Å². The highest BCUT2D eigenvalue weighted by Gasteiger charge is 1.97. The molecule has 3 nitrogen and oxygen atoms in total. The minimum Gasteiger partial charge on any atom is -0.347 e. The highest BCUT2D eigenvalue weighted by Crippen LogP contribution is 1.98. The van der Waals surface area contributed by atoms with Gasteiger partial charge in [0, 0.05) is 12.4 Å². The molecule has 0 bridgehead atoms. The van der Waals surface area contributed by atoms with Crippen LogP contribution >= 0.6 is 0 Å². The highest BCUT2D eigenvalue weighted by atomic mass is 14.9. The van der Waals surface area contributed by atoms with E-state index in [-0.39, 0.29) is 6.04 Å². The SMILES string of the molecule is CC(N)c1ncc[nH]1. The third kappa shape index (κ3) is 0.869. The Morgan fingerprint density at radius 2 is 2.62 bits per heavy atom. The molecular formula is C5H9N3. The van der Waals surface area contributed by atoms with Crippen LogP contribution in [-0.4, -0.2) is 9.97 Å². The van der Waals surface area contributed by atoms with E-state index in [1.165, 1.54) is 0 Å². The molecule has 0 aliphatic carbocycles. The summed E-state index contributed by atoms with van der Waals surface area (Å²) in [6, 6.07) is 0.0185. The van der Waals surface area contributed by atoms with Gasteiger partial charge in [-0.15, -0.1) is 0 Å². The third-order valence-corrected chi connectivity index (χ3v) is 0.951. The number of aromatic nitrogens is 2. The summed E-state index contributed by atoms with van der Waals surface area (Å²) in [6.45, 7) is 1.89. The minimum atomic E-state index is 0.0185. The zero-order valence-electron chi connectivity index (χ0n) is 4.76. The summed E-state index contributed by atoms with van der Waals surface area (Å²) in [4.78, 5) is 6.84. The predicted octanol–water partition coefficient (Wildman–Crippen LogP) is 0.429. The maximum atomic E-state index is 5.46. The molecule has 0 amide bonds. The molecule has 1 unspecified atom stereocenters. The molecule has 1 aromatic rings. The molecule has 0 aliphatic heterocycles. The first-order valence-electron chi connectivity index (χ1n) is 2.55. The van der Waals surface area contributed by atoms with E-state index in [9.17, 15) is 0 Å². The number of H-pyrrole nitrogens is 1. The topological polar surface area (TPSA) is 54.7 Å². The van der Waals surface area contributed by atoms with Gasteiger partial charge in [0.25, 0.3) is 0 Å². The van der Waals surface area contributed by atoms with Crippen molar-refractivity contribution < 1.29 is 0 Å². The molecule has 1 atom stereocenters. The van der Waals surface area contributed by atoms with Crippen LogP contribution in [0.1, 0.15) is 18.8 Å². The molecule has 3 N–H and O–H groups in total. The van der Waals surface area contributed by atoms with Crippen molar-refractivity contribution in [2.75, 3.05) is 0 Å². The predicted molar refractivity (Wildman–Crippen MR) is 31.2 cm³/mol. The van der Waals surface area contributed by atoms with Gasteiger partial charge in [0.05, 0.1) is 6.04 Å². The van der Waals surface area contributed by atoms with Gasteiger partial charge in [0.1, 0.15) is 5.82 Å². The van der Waals surface area contributed by atoms with Crippen LogP contribution in [-0.2, 0) is 0 Å². The Labute approximate surface area is 47.9 Å². The van der Waals surface area contributed by atoms with Crippen LogP contribution in [0.4, 0.5) is 0 Å². The Bertz CT molecular complexity index is 143. The standard InChI is InChI=1S/C5H9N3/c1-4(6)5-7-2-3-8-5/h2-4H,6H2,1H3,(H,7,8). The Morgan fingerprint density at radius 3 is 2.88 bits per heavy atom. The molecule has 1 rings (SSSR count). The maximum Gasteiger partial charge on any atom is 0.122 e. The maximum absolute atomic E-state index is 5.46. The van der Waals surface area contributed by atoms with Crippen LogP contribution in [0.2, 0.25) is 0 Å². The lowest BCUT2D eigenvalue weighted by Crippen LogP contribution is -2.06. The van der Waals surface area contributed by atoms with Crippen molar-refractivity contribution in [3.8, 4) is 0 Å². The summed E-state index contributed by atoms with van der Waals surface area (Å²) in [5, 5.41) is 0. The second kappa shape index (κ2) is 1.96. The fourth-order valence-corrected chi connectivity index (χ4v) is 0.526. The summed E-state index contributed by atoms with van der Waals surface area (Å²) in [7, 11) is 0. The number of nitrogens with two attached hydrogens (primary N) is 1. The number of nitrogens with zero attached hydrogens (tertiary/aromatic N) is 1. The smallest absolute Gasteiger partial charge is 0.122 e. The normalized spacial score (nSPS) is 13.8. The Hall–Kier alpha value is -0.830. The van der Waals surface area contributed by atoms with Gasteiger partial charge in [0.15, 0.2) is 0 Å². The molecule has 0 fully saturated rings. The van der Waals surface area contributed by atoms with Crippen LogP contribution in [0, 0.1) is 0 Å². The number of hydrogen-bond acceptors (Lipinski definition) is 2. The van der Waals surface area contributed by atoms with Gasteiger partial charge < -0.3 is 10.7 Å². The number of hydrogen-bond donors (Lipinski definition) is 2. The number of nitrogens with one attached hydrogen (secondary N) is 1. The summed E-state index contributed by atoms with van der Waals surface area (Å²) in [5.41, 5.74) is 5.46. The summed E-state index contributed by atoms with van der Waals surface area (Å²) >= 11 is 0.